The van der Waals surface area contributed by atoms with E-state index in [9.17, 15) is 8.78 Å². The minimum absolute atomic E-state index is 0.285. The molecule has 1 aromatic carbocycles. The van der Waals surface area contributed by atoms with Gasteiger partial charge in [0, 0.05) is 0 Å². The Labute approximate surface area is 102 Å². The van der Waals surface area contributed by atoms with E-state index in [4.69, 9.17) is 17.0 Å². The first-order valence-corrected chi connectivity index (χ1v) is 5.66. The Kier molecular flexibility index (Phi) is 3.42. The maximum Gasteiger partial charge on any atom is 0.256 e. The van der Waals surface area contributed by atoms with Gasteiger partial charge in [0.2, 0.25) is 0 Å². The van der Waals surface area contributed by atoms with Gasteiger partial charge in [-0.2, -0.15) is 0 Å². The van der Waals surface area contributed by atoms with Crippen LogP contribution in [-0.2, 0) is 6.54 Å². The average Bonchev–Trinajstić information content (AvgIpc) is 2.57. The third-order valence-corrected chi connectivity index (χ3v) is 2.71. The molecule has 3 nitrogen and oxygen atoms in total. The first-order chi connectivity index (χ1) is 8.13. The van der Waals surface area contributed by atoms with Gasteiger partial charge in [-0.05, 0) is 31.3 Å². The van der Waals surface area contributed by atoms with Crippen LogP contribution in [0.3, 0.4) is 0 Å². The van der Waals surface area contributed by atoms with Crippen LogP contribution >= 0.6 is 12.2 Å². The number of nitrogens with one attached hydrogen (secondary N) is 1. The molecule has 0 unspecified atom stereocenters. The van der Waals surface area contributed by atoms with Crippen LogP contribution in [0.1, 0.15) is 6.92 Å². The van der Waals surface area contributed by atoms with Crippen molar-refractivity contribution in [3.05, 3.63) is 23.0 Å². The molecule has 0 amide bonds. The van der Waals surface area contributed by atoms with Crippen LogP contribution < -0.4 is 4.74 Å². The summed E-state index contributed by atoms with van der Waals surface area (Å²) in [5, 5.41) is 0. The number of nitrogens with zero attached hydrogens (tertiary/aromatic N) is 1. The number of rotatable bonds is 4. The standard InChI is InChI=1S/C11H12F2N2OS/c1-2-16-8-5-3-4-7-10(8)14-11(17)15(7)6-9(12)13/h3-5,9H,2,6H2,1H3,(H,14,17). The lowest BCUT2D eigenvalue weighted by molar-refractivity contribution is 0.127. The molecule has 2 rings (SSSR count). The summed E-state index contributed by atoms with van der Waals surface area (Å²) >= 11 is 5.03. The van der Waals surface area contributed by atoms with Gasteiger partial charge in [0.1, 0.15) is 11.3 Å². The van der Waals surface area contributed by atoms with E-state index in [1.54, 1.807) is 18.2 Å². The molecular formula is C11H12F2N2OS. The number of ether oxygens (including phenoxy) is 1. The van der Waals surface area contributed by atoms with E-state index in [0.717, 1.165) is 0 Å². The summed E-state index contributed by atoms with van der Waals surface area (Å²) in [5.41, 5.74) is 1.31. The highest BCUT2D eigenvalue weighted by molar-refractivity contribution is 7.71. The van der Waals surface area contributed by atoms with Gasteiger partial charge in [-0.1, -0.05) is 6.07 Å². The topological polar surface area (TPSA) is 29.9 Å². The molecule has 0 bridgehead atoms. The zero-order valence-electron chi connectivity index (χ0n) is 9.24. The molecule has 1 heterocycles. The quantitative estimate of drug-likeness (QED) is 0.852. The molecule has 0 atom stereocenters. The Balaban J connectivity index is 2.59. The summed E-state index contributed by atoms with van der Waals surface area (Å²) in [6.45, 7) is 1.97. The molecule has 92 valence electrons. The maximum absolute atomic E-state index is 12.4. The number of alkyl halides is 2. The summed E-state index contributed by atoms with van der Waals surface area (Å²) in [7, 11) is 0. The first kappa shape index (κ1) is 12.0. The van der Waals surface area contributed by atoms with E-state index in [-0.39, 0.29) is 4.77 Å². The van der Waals surface area contributed by atoms with Gasteiger partial charge in [-0.15, -0.1) is 0 Å². The van der Waals surface area contributed by atoms with Crippen LogP contribution in [-0.4, -0.2) is 22.6 Å². The van der Waals surface area contributed by atoms with Crippen molar-refractivity contribution in [1.29, 1.82) is 0 Å². The predicted molar refractivity (Wildman–Crippen MR) is 64.3 cm³/mol. The van der Waals surface area contributed by atoms with Gasteiger partial charge in [0.25, 0.3) is 6.43 Å². The van der Waals surface area contributed by atoms with Crippen molar-refractivity contribution < 1.29 is 13.5 Å². The van der Waals surface area contributed by atoms with Crippen LogP contribution in [0.2, 0.25) is 0 Å². The van der Waals surface area contributed by atoms with Crippen molar-refractivity contribution in [3.63, 3.8) is 0 Å². The molecule has 1 N–H and O–H groups in total. The number of benzene rings is 1. The molecule has 0 aliphatic carbocycles. The maximum atomic E-state index is 12.4. The second-order valence-electron chi connectivity index (χ2n) is 3.52. The fourth-order valence-corrected chi connectivity index (χ4v) is 2.02. The number of imidazole rings is 1. The molecule has 17 heavy (non-hydrogen) atoms. The van der Waals surface area contributed by atoms with Crippen molar-refractivity contribution >= 4 is 23.3 Å². The lowest BCUT2D eigenvalue weighted by Gasteiger charge is -2.05. The molecule has 0 aliphatic heterocycles. The Morgan fingerprint density at radius 2 is 2.24 bits per heavy atom. The molecule has 0 spiro atoms. The summed E-state index contributed by atoms with van der Waals surface area (Å²) in [6.07, 6.45) is -2.43. The molecule has 0 radical (unpaired) electrons. The van der Waals surface area contributed by atoms with Gasteiger partial charge in [0.05, 0.1) is 18.7 Å². The Morgan fingerprint density at radius 1 is 1.47 bits per heavy atom. The van der Waals surface area contributed by atoms with Gasteiger partial charge >= 0.3 is 0 Å². The molecule has 0 aliphatic rings. The van der Waals surface area contributed by atoms with Crippen LogP contribution in [0.15, 0.2) is 18.2 Å². The van der Waals surface area contributed by atoms with E-state index >= 15 is 0 Å². The first-order valence-electron chi connectivity index (χ1n) is 5.26. The summed E-state index contributed by atoms with van der Waals surface area (Å²) in [6, 6.07) is 5.29. The van der Waals surface area contributed by atoms with Gasteiger partial charge in [-0.25, -0.2) is 8.78 Å². The lowest BCUT2D eigenvalue weighted by atomic mass is 10.3. The average molecular weight is 258 g/mol. The van der Waals surface area contributed by atoms with Gasteiger partial charge in [0.15, 0.2) is 4.77 Å². The second kappa shape index (κ2) is 4.83. The normalized spacial score (nSPS) is 11.3. The van der Waals surface area contributed by atoms with Crippen molar-refractivity contribution in [2.75, 3.05) is 6.61 Å². The summed E-state index contributed by atoms with van der Waals surface area (Å²) in [5.74, 6) is 0.629. The van der Waals surface area contributed by atoms with Crippen molar-refractivity contribution in [3.8, 4) is 5.75 Å². The number of halogens is 2. The molecule has 2 aromatic rings. The van der Waals surface area contributed by atoms with E-state index in [2.05, 4.69) is 4.98 Å². The second-order valence-corrected chi connectivity index (χ2v) is 3.90. The Morgan fingerprint density at radius 3 is 2.88 bits per heavy atom. The predicted octanol–water partition coefficient (Wildman–Crippen LogP) is 3.36. The van der Waals surface area contributed by atoms with Crippen molar-refractivity contribution in [2.24, 2.45) is 0 Å². The fourth-order valence-electron chi connectivity index (χ4n) is 1.75. The highest BCUT2D eigenvalue weighted by Crippen LogP contribution is 2.25. The van der Waals surface area contributed by atoms with Crippen LogP contribution in [0, 0.1) is 4.77 Å². The fraction of sp³-hybridized carbons (Fsp3) is 0.364. The molecule has 0 fully saturated rings. The Bertz CT molecular complexity index is 576. The number of aromatic amines is 1. The van der Waals surface area contributed by atoms with Gasteiger partial charge in [-0.3, -0.25) is 0 Å². The smallest absolute Gasteiger partial charge is 0.256 e. The van der Waals surface area contributed by atoms with Crippen LogP contribution in [0.25, 0.3) is 11.0 Å². The Hall–Kier alpha value is -1.43. The third-order valence-electron chi connectivity index (χ3n) is 2.39. The number of aromatic nitrogens is 2. The monoisotopic (exact) mass is 258 g/mol. The lowest BCUT2D eigenvalue weighted by Crippen LogP contribution is -2.06. The van der Waals surface area contributed by atoms with Crippen LogP contribution in [0.5, 0.6) is 5.75 Å². The van der Waals surface area contributed by atoms with E-state index < -0.39 is 13.0 Å². The molecule has 0 saturated carbocycles. The largest absolute Gasteiger partial charge is 0.492 e. The molecule has 0 saturated heterocycles. The molecule has 6 heteroatoms. The summed E-state index contributed by atoms with van der Waals surface area (Å²) in [4.78, 5) is 2.91. The van der Waals surface area contributed by atoms with Crippen LogP contribution in [0.4, 0.5) is 8.78 Å². The van der Waals surface area contributed by atoms with E-state index in [0.29, 0.717) is 23.4 Å². The number of para-hydroxylation sites is 1. The number of H-pyrrole nitrogens is 1. The SMILES string of the molecule is CCOc1cccc2c1[nH]c(=S)n2CC(F)F. The van der Waals surface area contributed by atoms with E-state index in [1.165, 1.54) is 4.57 Å². The van der Waals surface area contributed by atoms with E-state index in [1.807, 2.05) is 6.92 Å². The summed E-state index contributed by atoms with van der Waals surface area (Å²) < 4.78 is 32.0. The van der Waals surface area contributed by atoms with Gasteiger partial charge < -0.3 is 14.3 Å². The number of fused-ring (bicyclic) bond motifs is 1. The zero-order valence-corrected chi connectivity index (χ0v) is 10.1. The third kappa shape index (κ3) is 2.31. The zero-order chi connectivity index (χ0) is 12.4. The number of hydrogen-bond donors (Lipinski definition) is 1. The van der Waals surface area contributed by atoms with Crippen molar-refractivity contribution in [1.82, 2.24) is 9.55 Å². The molecule has 1 aromatic heterocycles. The highest BCUT2D eigenvalue weighted by atomic mass is 32.1. The minimum atomic E-state index is -2.43. The minimum Gasteiger partial charge on any atom is -0.492 e. The molecular weight excluding hydrogens is 246 g/mol. The number of hydrogen-bond acceptors (Lipinski definition) is 2. The highest BCUT2D eigenvalue weighted by Gasteiger charge is 2.12. The van der Waals surface area contributed by atoms with Crippen molar-refractivity contribution in [2.45, 2.75) is 19.9 Å².